The second kappa shape index (κ2) is 3.64. The summed E-state index contributed by atoms with van der Waals surface area (Å²) in [6.45, 7) is 3.56. The number of hydrogen-bond acceptors (Lipinski definition) is 2. The Morgan fingerprint density at radius 2 is 2.12 bits per heavy atom. The molecule has 0 aromatic rings. The summed E-state index contributed by atoms with van der Waals surface area (Å²) < 4.78 is 0. The van der Waals surface area contributed by atoms with Crippen molar-refractivity contribution < 1.29 is 10.2 Å². The van der Waals surface area contributed by atoms with Gasteiger partial charge in [-0.3, -0.25) is 0 Å². The molecule has 0 aliphatic carbocycles. The Labute approximate surface area is 49.5 Å². The maximum atomic E-state index is 8.70. The second-order valence-electron chi connectivity index (χ2n) is 1.99. The number of aliphatic hydroxyl groups is 2. The molecule has 0 aliphatic rings. The van der Waals surface area contributed by atoms with Crippen LogP contribution >= 0.6 is 0 Å². The van der Waals surface area contributed by atoms with E-state index in [9.17, 15) is 0 Å². The van der Waals surface area contributed by atoms with Gasteiger partial charge in [-0.2, -0.15) is 0 Å². The topological polar surface area (TPSA) is 40.5 Å². The fourth-order valence-corrected chi connectivity index (χ4v) is 0.437. The Bertz CT molecular complexity index is 82.5. The molecule has 0 radical (unpaired) electrons. The van der Waals surface area contributed by atoms with E-state index in [-0.39, 0.29) is 6.61 Å². The molecule has 0 heterocycles. The van der Waals surface area contributed by atoms with Gasteiger partial charge in [0.15, 0.2) is 0 Å². The van der Waals surface area contributed by atoms with Gasteiger partial charge in [0.1, 0.15) is 0 Å². The Morgan fingerprint density at radius 3 is 2.25 bits per heavy atom. The summed E-state index contributed by atoms with van der Waals surface area (Å²) in [7, 11) is 0. The molecule has 2 N–H and O–H groups in total. The van der Waals surface area contributed by atoms with Crippen LogP contribution in [0.4, 0.5) is 0 Å². The maximum absolute atomic E-state index is 8.70. The highest BCUT2D eigenvalue weighted by atomic mass is 16.3. The maximum Gasteiger partial charge on any atom is 0.0954 e. The van der Waals surface area contributed by atoms with Crippen LogP contribution in [-0.2, 0) is 0 Å². The minimum atomic E-state index is -0.681. The lowest BCUT2D eigenvalue weighted by atomic mass is 10.2. The standard InChI is InChI=1S/C6H12O2/c1-5(2)3-6(8)4-7/h3,6-8H,4H2,1-2H3. The molecule has 0 saturated heterocycles. The predicted octanol–water partition coefficient (Wildman–Crippen LogP) is 0.306. The van der Waals surface area contributed by atoms with Crippen LogP contribution in [0.2, 0.25) is 0 Å². The van der Waals surface area contributed by atoms with Crippen molar-refractivity contribution in [3.05, 3.63) is 11.6 Å². The molecule has 8 heavy (non-hydrogen) atoms. The van der Waals surface area contributed by atoms with Crippen molar-refractivity contribution in [2.45, 2.75) is 20.0 Å². The Morgan fingerprint density at radius 1 is 1.62 bits per heavy atom. The van der Waals surface area contributed by atoms with Crippen molar-refractivity contribution in [3.8, 4) is 0 Å². The van der Waals surface area contributed by atoms with Crippen LogP contribution in [0.15, 0.2) is 11.6 Å². The fraction of sp³-hybridized carbons (Fsp3) is 0.667. The summed E-state index contributed by atoms with van der Waals surface area (Å²) in [5.74, 6) is 0. The van der Waals surface area contributed by atoms with Gasteiger partial charge in [0.05, 0.1) is 12.7 Å². The molecule has 0 spiro atoms. The Kier molecular flexibility index (Phi) is 3.48. The van der Waals surface area contributed by atoms with E-state index in [0.717, 1.165) is 5.57 Å². The normalized spacial score (nSPS) is 13.0. The highest BCUT2D eigenvalue weighted by molar-refractivity contribution is 4.97. The molecule has 0 amide bonds. The molecule has 0 bridgehead atoms. The number of rotatable bonds is 2. The van der Waals surface area contributed by atoms with Crippen LogP contribution in [0.3, 0.4) is 0 Å². The number of hydrogen-bond donors (Lipinski definition) is 2. The van der Waals surface area contributed by atoms with Crippen molar-refractivity contribution in [2.75, 3.05) is 6.61 Å². The molecule has 1 unspecified atom stereocenters. The van der Waals surface area contributed by atoms with Crippen LogP contribution in [-0.4, -0.2) is 22.9 Å². The van der Waals surface area contributed by atoms with Crippen LogP contribution in [0, 0.1) is 0 Å². The van der Waals surface area contributed by atoms with Crippen LogP contribution in [0.1, 0.15) is 13.8 Å². The van der Waals surface area contributed by atoms with Crippen molar-refractivity contribution in [1.29, 1.82) is 0 Å². The average molecular weight is 116 g/mol. The first-order valence-corrected chi connectivity index (χ1v) is 2.60. The van der Waals surface area contributed by atoms with Gasteiger partial charge >= 0.3 is 0 Å². The van der Waals surface area contributed by atoms with E-state index < -0.39 is 6.10 Å². The van der Waals surface area contributed by atoms with Crippen molar-refractivity contribution in [1.82, 2.24) is 0 Å². The third-order valence-corrected chi connectivity index (χ3v) is 0.713. The summed E-state index contributed by atoms with van der Waals surface area (Å²) >= 11 is 0. The van der Waals surface area contributed by atoms with Crippen molar-refractivity contribution in [2.24, 2.45) is 0 Å². The zero-order valence-electron chi connectivity index (χ0n) is 5.26. The zero-order chi connectivity index (χ0) is 6.57. The monoisotopic (exact) mass is 116 g/mol. The van der Waals surface area contributed by atoms with Gasteiger partial charge < -0.3 is 10.2 Å². The molecule has 0 fully saturated rings. The van der Waals surface area contributed by atoms with Gasteiger partial charge in [0, 0.05) is 0 Å². The lowest BCUT2D eigenvalue weighted by Gasteiger charge is -1.98. The first kappa shape index (κ1) is 7.66. The lowest BCUT2D eigenvalue weighted by Crippen LogP contribution is -2.07. The first-order chi connectivity index (χ1) is 3.66. The zero-order valence-corrected chi connectivity index (χ0v) is 5.26. The van der Waals surface area contributed by atoms with Crippen LogP contribution in [0.5, 0.6) is 0 Å². The molecule has 1 atom stereocenters. The third-order valence-electron chi connectivity index (χ3n) is 0.713. The minimum absolute atomic E-state index is 0.189. The molecule has 0 rings (SSSR count). The number of allylic oxidation sites excluding steroid dienone is 1. The molecular weight excluding hydrogens is 104 g/mol. The summed E-state index contributed by atoms with van der Waals surface area (Å²) in [5.41, 5.74) is 1.02. The summed E-state index contributed by atoms with van der Waals surface area (Å²) in [6.07, 6.45) is 0.931. The summed E-state index contributed by atoms with van der Waals surface area (Å²) in [6, 6.07) is 0. The minimum Gasteiger partial charge on any atom is -0.393 e. The molecule has 0 saturated carbocycles. The Balaban J connectivity index is 3.51. The van der Waals surface area contributed by atoms with Gasteiger partial charge in [-0.1, -0.05) is 11.6 Å². The quantitative estimate of drug-likeness (QED) is 0.509. The van der Waals surface area contributed by atoms with Crippen molar-refractivity contribution >= 4 is 0 Å². The average Bonchev–Trinajstić information content (AvgIpc) is 1.65. The van der Waals surface area contributed by atoms with Crippen LogP contribution in [0.25, 0.3) is 0 Å². The number of aliphatic hydroxyl groups excluding tert-OH is 2. The van der Waals surface area contributed by atoms with E-state index in [4.69, 9.17) is 10.2 Å². The van der Waals surface area contributed by atoms with Gasteiger partial charge in [-0.15, -0.1) is 0 Å². The molecular formula is C6H12O2. The molecule has 2 nitrogen and oxygen atoms in total. The van der Waals surface area contributed by atoms with E-state index in [1.807, 2.05) is 13.8 Å². The van der Waals surface area contributed by atoms with E-state index >= 15 is 0 Å². The van der Waals surface area contributed by atoms with Gasteiger partial charge in [0.2, 0.25) is 0 Å². The molecule has 0 aromatic carbocycles. The van der Waals surface area contributed by atoms with E-state index in [2.05, 4.69) is 0 Å². The molecule has 48 valence electrons. The smallest absolute Gasteiger partial charge is 0.0954 e. The van der Waals surface area contributed by atoms with Crippen molar-refractivity contribution in [3.63, 3.8) is 0 Å². The SMILES string of the molecule is CC(C)=CC(O)CO. The third kappa shape index (κ3) is 3.84. The largest absolute Gasteiger partial charge is 0.393 e. The highest BCUT2D eigenvalue weighted by Crippen LogP contribution is 1.91. The molecule has 0 aromatic heterocycles. The van der Waals surface area contributed by atoms with Gasteiger partial charge in [-0.05, 0) is 13.8 Å². The van der Waals surface area contributed by atoms with Gasteiger partial charge in [-0.25, -0.2) is 0 Å². The second-order valence-corrected chi connectivity index (χ2v) is 1.99. The molecule has 2 heteroatoms. The summed E-state index contributed by atoms with van der Waals surface area (Å²) in [5, 5.41) is 17.0. The first-order valence-electron chi connectivity index (χ1n) is 2.60. The van der Waals surface area contributed by atoms with E-state index in [1.165, 1.54) is 0 Å². The highest BCUT2D eigenvalue weighted by Gasteiger charge is 1.92. The van der Waals surface area contributed by atoms with Crippen LogP contribution < -0.4 is 0 Å². The lowest BCUT2D eigenvalue weighted by molar-refractivity contribution is 0.130. The van der Waals surface area contributed by atoms with E-state index in [0.29, 0.717) is 0 Å². The Hall–Kier alpha value is -0.340. The molecule has 0 aliphatic heterocycles. The predicted molar refractivity (Wildman–Crippen MR) is 32.5 cm³/mol. The van der Waals surface area contributed by atoms with Gasteiger partial charge in [0.25, 0.3) is 0 Å². The van der Waals surface area contributed by atoms with E-state index in [1.54, 1.807) is 6.08 Å². The summed E-state index contributed by atoms with van der Waals surface area (Å²) in [4.78, 5) is 0. The fourth-order valence-electron chi connectivity index (χ4n) is 0.437.